The maximum Gasteiger partial charge on any atom is 0.246 e. The average Bonchev–Trinajstić information content (AvgIpc) is 2.83. The van der Waals surface area contributed by atoms with Crippen LogP contribution in [0.2, 0.25) is 0 Å². The van der Waals surface area contributed by atoms with Crippen LogP contribution in [0.4, 0.5) is 11.9 Å². The van der Waals surface area contributed by atoms with Gasteiger partial charge in [0.15, 0.2) is 0 Å². The van der Waals surface area contributed by atoms with Crippen molar-refractivity contribution in [2.75, 3.05) is 17.2 Å². The number of aromatic amines is 1. The van der Waals surface area contributed by atoms with E-state index in [1.165, 1.54) is 32.1 Å². The van der Waals surface area contributed by atoms with Gasteiger partial charge in [-0.25, -0.2) is 5.10 Å². The molecule has 1 aliphatic heterocycles. The van der Waals surface area contributed by atoms with Gasteiger partial charge in [-0.2, -0.15) is 4.98 Å². The fourth-order valence-corrected chi connectivity index (χ4v) is 3.05. The molecule has 82 valence electrons. The van der Waals surface area contributed by atoms with E-state index in [4.69, 9.17) is 5.73 Å². The van der Waals surface area contributed by atoms with E-state index in [0.717, 1.165) is 18.4 Å². The molecule has 2 atom stereocenters. The first-order valence-corrected chi connectivity index (χ1v) is 5.79. The first-order valence-electron chi connectivity index (χ1n) is 5.79. The van der Waals surface area contributed by atoms with E-state index in [-0.39, 0.29) is 0 Å². The first kappa shape index (κ1) is 9.00. The van der Waals surface area contributed by atoms with E-state index < -0.39 is 0 Å². The average molecular weight is 207 g/mol. The van der Waals surface area contributed by atoms with Gasteiger partial charge < -0.3 is 10.6 Å². The van der Waals surface area contributed by atoms with Crippen molar-refractivity contribution in [3.63, 3.8) is 0 Å². The zero-order valence-electron chi connectivity index (χ0n) is 8.82. The van der Waals surface area contributed by atoms with Crippen LogP contribution in [0.15, 0.2) is 0 Å². The Morgan fingerprint density at radius 2 is 2.13 bits per heavy atom. The quantitative estimate of drug-likeness (QED) is 0.724. The molecule has 0 aromatic carbocycles. The maximum absolute atomic E-state index is 5.56. The Morgan fingerprint density at radius 1 is 1.27 bits per heavy atom. The zero-order valence-corrected chi connectivity index (χ0v) is 8.82. The Kier molecular flexibility index (Phi) is 2.04. The SMILES string of the molecule is Nc1nc(N2CCC3CCCCC32)n[nH]1. The summed E-state index contributed by atoms with van der Waals surface area (Å²) in [5, 5.41) is 6.87. The van der Waals surface area contributed by atoms with Gasteiger partial charge in [-0.1, -0.05) is 12.8 Å². The summed E-state index contributed by atoms with van der Waals surface area (Å²) in [4.78, 5) is 6.55. The third-order valence-electron chi connectivity index (χ3n) is 3.76. The minimum Gasteiger partial charge on any atom is -0.368 e. The third-order valence-corrected chi connectivity index (χ3v) is 3.76. The molecule has 1 aromatic rings. The molecular weight excluding hydrogens is 190 g/mol. The van der Waals surface area contributed by atoms with Crippen LogP contribution < -0.4 is 10.6 Å². The van der Waals surface area contributed by atoms with Gasteiger partial charge in [0.25, 0.3) is 0 Å². The number of nitrogens with two attached hydrogens (primary N) is 1. The highest BCUT2D eigenvalue weighted by molar-refractivity contribution is 5.37. The second kappa shape index (κ2) is 3.40. The molecule has 15 heavy (non-hydrogen) atoms. The van der Waals surface area contributed by atoms with Crippen LogP contribution in [-0.4, -0.2) is 27.8 Å². The Hall–Kier alpha value is -1.26. The molecule has 0 amide bonds. The number of nitrogens with one attached hydrogen (secondary N) is 1. The molecule has 1 saturated carbocycles. The Balaban J connectivity index is 1.82. The summed E-state index contributed by atoms with van der Waals surface area (Å²) < 4.78 is 0. The van der Waals surface area contributed by atoms with Crippen molar-refractivity contribution < 1.29 is 0 Å². The van der Waals surface area contributed by atoms with Crippen molar-refractivity contribution in [2.24, 2.45) is 5.92 Å². The Labute approximate surface area is 89.1 Å². The highest BCUT2D eigenvalue weighted by Crippen LogP contribution is 2.37. The highest BCUT2D eigenvalue weighted by atomic mass is 15.4. The van der Waals surface area contributed by atoms with Gasteiger partial charge in [0.2, 0.25) is 11.9 Å². The number of nitrogen functional groups attached to an aromatic ring is 1. The van der Waals surface area contributed by atoms with Crippen molar-refractivity contribution in [1.82, 2.24) is 15.2 Å². The summed E-state index contributed by atoms with van der Waals surface area (Å²) in [5.74, 6) is 2.07. The minimum atomic E-state index is 0.421. The minimum absolute atomic E-state index is 0.421. The van der Waals surface area contributed by atoms with Crippen LogP contribution in [0, 0.1) is 5.92 Å². The Bertz CT molecular complexity index is 347. The van der Waals surface area contributed by atoms with Crippen molar-refractivity contribution in [1.29, 1.82) is 0 Å². The third kappa shape index (κ3) is 1.46. The zero-order chi connectivity index (χ0) is 10.3. The molecule has 2 aliphatic rings. The topological polar surface area (TPSA) is 70.8 Å². The molecule has 1 aromatic heterocycles. The van der Waals surface area contributed by atoms with Crippen LogP contribution in [0.25, 0.3) is 0 Å². The number of fused-ring (bicyclic) bond motifs is 1. The summed E-state index contributed by atoms with van der Waals surface area (Å²) in [6.45, 7) is 1.09. The fraction of sp³-hybridized carbons (Fsp3) is 0.800. The molecular formula is C10H17N5. The molecule has 0 radical (unpaired) electrons. The molecule has 2 heterocycles. The van der Waals surface area contributed by atoms with Crippen molar-refractivity contribution in [2.45, 2.75) is 38.1 Å². The van der Waals surface area contributed by atoms with E-state index >= 15 is 0 Å². The van der Waals surface area contributed by atoms with E-state index in [1.807, 2.05) is 0 Å². The molecule has 1 saturated heterocycles. The lowest BCUT2D eigenvalue weighted by Crippen LogP contribution is -2.35. The summed E-state index contributed by atoms with van der Waals surface area (Å²) in [7, 11) is 0. The molecule has 5 heteroatoms. The predicted octanol–water partition coefficient (Wildman–Crippen LogP) is 1.16. The number of nitrogens with zero attached hydrogens (tertiary/aromatic N) is 3. The predicted molar refractivity (Wildman–Crippen MR) is 58.5 cm³/mol. The maximum atomic E-state index is 5.56. The van der Waals surface area contributed by atoms with E-state index in [2.05, 4.69) is 20.1 Å². The summed E-state index contributed by atoms with van der Waals surface area (Å²) >= 11 is 0. The van der Waals surface area contributed by atoms with Gasteiger partial charge in [-0.15, -0.1) is 5.10 Å². The lowest BCUT2D eigenvalue weighted by atomic mass is 9.85. The molecule has 3 rings (SSSR count). The summed E-state index contributed by atoms with van der Waals surface area (Å²) in [6, 6.07) is 0.661. The lowest BCUT2D eigenvalue weighted by Gasteiger charge is -2.30. The van der Waals surface area contributed by atoms with Crippen molar-refractivity contribution >= 4 is 11.9 Å². The number of anilines is 2. The van der Waals surface area contributed by atoms with Crippen LogP contribution in [-0.2, 0) is 0 Å². The van der Waals surface area contributed by atoms with Gasteiger partial charge >= 0.3 is 0 Å². The van der Waals surface area contributed by atoms with Crippen LogP contribution in [0.3, 0.4) is 0 Å². The number of hydrogen-bond donors (Lipinski definition) is 2. The number of rotatable bonds is 1. The number of hydrogen-bond acceptors (Lipinski definition) is 4. The van der Waals surface area contributed by atoms with Crippen LogP contribution >= 0.6 is 0 Å². The smallest absolute Gasteiger partial charge is 0.246 e. The molecule has 2 unspecified atom stereocenters. The van der Waals surface area contributed by atoms with Gasteiger partial charge in [0.05, 0.1) is 0 Å². The second-order valence-corrected chi connectivity index (χ2v) is 4.61. The standard InChI is InChI=1S/C10H17N5/c11-9-12-10(14-13-9)15-6-5-7-3-1-2-4-8(7)15/h7-8H,1-6H2,(H3,11,12,13,14). The molecule has 1 aliphatic carbocycles. The number of H-pyrrole nitrogens is 1. The summed E-state index contributed by atoms with van der Waals surface area (Å²) in [6.07, 6.45) is 6.70. The van der Waals surface area contributed by atoms with E-state index in [9.17, 15) is 0 Å². The van der Waals surface area contributed by atoms with Crippen molar-refractivity contribution in [3.8, 4) is 0 Å². The van der Waals surface area contributed by atoms with E-state index in [1.54, 1.807) is 0 Å². The van der Waals surface area contributed by atoms with Crippen molar-refractivity contribution in [3.05, 3.63) is 0 Å². The van der Waals surface area contributed by atoms with Gasteiger partial charge in [-0.05, 0) is 25.2 Å². The second-order valence-electron chi connectivity index (χ2n) is 4.61. The Morgan fingerprint density at radius 3 is 2.93 bits per heavy atom. The fourth-order valence-electron chi connectivity index (χ4n) is 3.05. The highest BCUT2D eigenvalue weighted by Gasteiger charge is 2.37. The van der Waals surface area contributed by atoms with Gasteiger partial charge in [-0.3, -0.25) is 0 Å². The normalized spacial score (nSPS) is 30.5. The van der Waals surface area contributed by atoms with Gasteiger partial charge in [0, 0.05) is 12.6 Å². The largest absolute Gasteiger partial charge is 0.368 e. The summed E-state index contributed by atoms with van der Waals surface area (Å²) in [5.41, 5.74) is 5.56. The van der Waals surface area contributed by atoms with E-state index in [0.29, 0.717) is 12.0 Å². The molecule has 0 spiro atoms. The first-order chi connectivity index (χ1) is 7.34. The van der Waals surface area contributed by atoms with Gasteiger partial charge in [0.1, 0.15) is 0 Å². The number of aromatic nitrogens is 3. The molecule has 0 bridgehead atoms. The van der Waals surface area contributed by atoms with Crippen LogP contribution in [0.5, 0.6) is 0 Å². The molecule has 2 fully saturated rings. The monoisotopic (exact) mass is 207 g/mol. The molecule has 3 N–H and O–H groups in total. The van der Waals surface area contributed by atoms with Crippen LogP contribution in [0.1, 0.15) is 32.1 Å². The lowest BCUT2D eigenvalue weighted by molar-refractivity contribution is 0.341. The molecule has 5 nitrogen and oxygen atoms in total.